The molecule has 0 fully saturated rings. The third kappa shape index (κ3) is 2.47. The molecule has 0 bridgehead atoms. The van der Waals surface area contributed by atoms with E-state index in [1.165, 1.54) is 4.88 Å². The van der Waals surface area contributed by atoms with E-state index in [4.69, 9.17) is 9.47 Å². The van der Waals surface area contributed by atoms with Crippen LogP contribution in [0.2, 0.25) is 0 Å². The highest BCUT2D eigenvalue weighted by atomic mass is 32.1. The molecular weight excluding hydrogens is 248 g/mol. The van der Waals surface area contributed by atoms with Crippen molar-refractivity contribution in [3.63, 3.8) is 0 Å². The van der Waals surface area contributed by atoms with E-state index in [-0.39, 0.29) is 0 Å². The Labute approximate surface area is 111 Å². The summed E-state index contributed by atoms with van der Waals surface area (Å²) in [7, 11) is 5.20. The van der Waals surface area contributed by atoms with E-state index in [1.807, 2.05) is 31.4 Å². The summed E-state index contributed by atoms with van der Waals surface area (Å²) in [5.41, 5.74) is 0.962. The maximum absolute atomic E-state index is 5.42. The van der Waals surface area contributed by atoms with Gasteiger partial charge in [0, 0.05) is 17.6 Å². The van der Waals surface area contributed by atoms with Crippen molar-refractivity contribution < 1.29 is 9.47 Å². The van der Waals surface area contributed by atoms with E-state index in [9.17, 15) is 0 Å². The Morgan fingerprint density at radius 1 is 1.28 bits per heavy atom. The average Bonchev–Trinajstić information content (AvgIpc) is 2.86. The monoisotopic (exact) mass is 264 g/mol. The fraction of sp³-hybridized carbons (Fsp3) is 0.308. The van der Waals surface area contributed by atoms with Crippen molar-refractivity contribution in [2.24, 2.45) is 0 Å². The highest BCUT2D eigenvalue weighted by Crippen LogP contribution is 2.39. The third-order valence-corrected chi connectivity index (χ3v) is 3.57. The SMILES string of the molecule is CNCc1cnc(-c2cccc(OC)c2OC)s1. The van der Waals surface area contributed by atoms with Crippen molar-refractivity contribution in [1.82, 2.24) is 10.3 Å². The molecule has 0 unspecified atom stereocenters. The summed E-state index contributed by atoms with van der Waals surface area (Å²) < 4.78 is 10.7. The molecule has 1 aromatic heterocycles. The molecule has 0 saturated carbocycles. The van der Waals surface area contributed by atoms with Crippen LogP contribution in [0.4, 0.5) is 0 Å². The number of methoxy groups -OCH3 is 2. The topological polar surface area (TPSA) is 43.4 Å². The number of hydrogen-bond acceptors (Lipinski definition) is 5. The van der Waals surface area contributed by atoms with Crippen LogP contribution in [0.5, 0.6) is 11.5 Å². The van der Waals surface area contributed by atoms with Gasteiger partial charge in [-0.1, -0.05) is 6.07 Å². The normalized spacial score (nSPS) is 10.4. The van der Waals surface area contributed by atoms with Gasteiger partial charge >= 0.3 is 0 Å². The number of aromatic nitrogens is 1. The largest absolute Gasteiger partial charge is 0.493 e. The first-order valence-corrected chi connectivity index (χ1v) is 6.42. The highest BCUT2D eigenvalue weighted by Gasteiger charge is 2.14. The van der Waals surface area contributed by atoms with Crippen LogP contribution in [0.15, 0.2) is 24.4 Å². The van der Waals surface area contributed by atoms with Gasteiger partial charge in [-0.2, -0.15) is 0 Å². The predicted molar refractivity (Wildman–Crippen MR) is 73.4 cm³/mol. The lowest BCUT2D eigenvalue weighted by atomic mass is 10.2. The Morgan fingerprint density at radius 2 is 2.11 bits per heavy atom. The number of benzene rings is 1. The number of nitrogens with zero attached hydrogens (tertiary/aromatic N) is 1. The molecule has 2 rings (SSSR count). The van der Waals surface area contributed by atoms with Gasteiger partial charge < -0.3 is 14.8 Å². The first-order chi connectivity index (χ1) is 8.80. The van der Waals surface area contributed by atoms with Gasteiger partial charge in [-0.25, -0.2) is 4.98 Å². The van der Waals surface area contributed by atoms with Gasteiger partial charge in [0.05, 0.1) is 19.8 Å². The van der Waals surface area contributed by atoms with Crippen LogP contribution in [-0.4, -0.2) is 26.3 Å². The molecule has 0 atom stereocenters. The molecule has 0 radical (unpaired) electrons. The molecule has 1 N–H and O–H groups in total. The van der Waals surface area contributed by atoms with E-state index in [1.54, 1.807) is 25.6 Å². The molecular formula is C13H16N2O2S. The van der Waals surface area contributed by atoms with Gasteiger partial charge in [0.2, 0.25) is 0 Å². The lowest BCUT2D eigenvalue weighted by molar-refractivity contribution is 0.356. The van der Waals surface area contributed by atoms with Crippen LogP contribution in [0.25, 0.3) is 10.6 Å². The van der Waals surface area contributed by atoms with E-state index in [0.29, 0.717) is 0 Å². The van der Waals surface area contributed by atoms with Gasteiger partial charge in [-0.05, 0) is 19.2 Å². The van der Waals surface area contributed by atoms with Crippen molar-refractivity contribution in [1.29, 1.82) is 0 Å². The van der Waals surface area contributed by atoms with Crippen molar-refractivity contribution >= 4 is 11.3 Å². The highest BCUT2D eigenvalue weighted by molar-refractivity contribution is 7.15. The summed E-state index contributed by atoms with van der Waals surface area (Å²) in [5.74, 6) is 1.45. The smallest absolute Gasteiger partial charge is 0.170 e. The van der Waals surface area contributed by atoms with Crippen molar-refractivity contribution in [2.45, 2.75) is 6.54 Å². The summed E-state index contributed by atoms with van der Waals surface area (Å²) >= 11 is 1.65. The van der Waals surface area contributed by atoms with E-state index in [2.05, 4.69) is 10.3 Å². The summed E-state index contributed by atoms with van der Waals surface area (Å²) in [5, 5.41) is 4.06. The molecule has 5 heteroatoms. The minimum Gasteiger partial charge on any atom is -0.493 e. The van der Waals surface area contributed by atoms with E-state index >= 15 is 0 Å². The second kappa shape index (κ2) is 5.84. The Bertz CT molecular complexity index is 525. The number of thiazole rings is 1. The fourth-order valence-corrected chi connectivity index (χ4v) is 2.69. The Kier molecular flexibility index (Phi) is 4.17. The van der Waals surface area contributed by atoms with Crippen molar-refractivity contribution in [2.75, 3.05) is 21.3 Å². The number of para-hydroxylation sites is 1. The van der Waals surface area contributed by atoms with Gasteiger partial charge in [-0.3, -0.25) is 0 Å². The van der Waals surface area contributed by atoms with Gasteiger partial charge in [-0.15, -0.1) is 11.3 Å². The van der Waals surface area contributed by atoms with Crippen LogP contribution >= 0.6 is 11.3 Å². The van der Waals surface area contributed by atoms with Gasteiger partial charge in [0.1, 0.15) is 5.01 Å². The second-order valence-corrected chi connectivity index (χ2v) is 4.82. The molecule has 0 aliphatic carbocycles. The fourth-order valence-electron chi connectivity index (χ4n) is 1.74. The zero-order valence-corrected chi connectivity index (χ0v) is 11.5. The van der Waals surface area contributed by atoms with Crippen LogP contribution < -0.4 is 14.8 Å². The zero-order valence-electron chi connectivity index (χ0n) is 10.7. The maximum Gasteiger partial charge on any atom is 0.170 e. The Hall–Kier alpha value is -1.59. The van der Waals surface area contributed by atoms with Crippen molar-refractivity contribution in [3.8, 4) is 22.1 Å². The molecule has 0 aliphatic rings. The number of nitrogens with one attached hydrogen (secondary N) is 1. The molecule has 0 spiro atoms. The molecule has 0 amide bonds. The molecule has 2 aromatic rings. The molecule has 1 heterocycles. The number of ether oxygens (including phenoxy) is 2. The predicted octanol–water partition coefficient (Wildman–Crippen LogP) is 2.55. The first kappa shape index (κ1) is 12.9. The lowest BCUT2D eigenvalue weighted by Crippen LogP contribution is -2.02. The van der Waals surface area contributed by atoms with E-state index < -0.39 is 0 Å². The minimum absolute atomic E-state index is 0.723. The quantitative estimate of drug-likeness (QED) is 0.901. The molecule has 4 nitrogen and oxygen atoms in total. The van der Waals surface area contributed by atoms with Crippen LogP contribution in [-0.2, 0) is 6.54 Å². The van der Waals surface area contributed by atoms with E-state index in [0.717, 1.165) is 28.6 Å². The number of hydrogen-bond donors (Lipinski definition) is 1. The molecule has 0 aliphatic heterocycles. The summed E-state index contributed by atoms with van der Waals surface area (Å²) in [6.07, 6.45) is 1.88. The molecule has 1 aromatic carbocycles. The Morgan fingerprint density at radius 3 is 2.78 bits per heavy atom. The van der Waals surface area contributed by atoms with Crippen molar-refractivity contribution in [3.05, 3.63) is 29.3 Å². The third-order valence-electron chi connectivity index (χ3n) is 2.54. The van der Waals surface area contributed by atoms with Gasteiger partial charge in [0.15, 0.2) is 11.5 Å². The van der Waals surface area contributed by atoms with Crippen LogP contribution in [0.3, 0.4) is 0 Å². The average molecular weight is 264 g/mol. The zero-order chi connectivity index (χ0) is 13.0. The molecule has 18 heavy (non-hydrogen) atoms. The standard InChI is InChI=1S/C13H16N2O2S/c1-14-7-9-8-15-13(18-9)10-5-4-6-11(16-2)12(10)17-3/h4-6,8,14H,7H2,1-3H3. The van der Waals surface area contributed by atoms with Crippen LogP contribution in [0.1, 0.15) is 4.88 Å². The minimum atomic E-state index is 0.723. The Balaban J connectivity index is 2.42. The summed E-state index contributed by atoms with van der Waals surface area (Å²) in [6, 6.07) is 5.81. The summed E-state index contributed by atoms with van der Waals surface area (Å²) in [4.78, 5) is 5.62. The second-order valence-electron chi connectivity index (χ2n) is 3.70. The molecule has 0 saturated heterocycles. The number of rotatable bonds is 5. The maximum atomic E-state index is 5.42. The van der Waals surface area contributed by atoms with Crippen LogP contribution in [0, 0.1) is 0 Å². The summed E-state index contributed by atoms with van der Waals surface area (Å²) in [6.45, 7) is 0.823. The first-order valence-electron chi connectivity index (χ1n) is 5.60. The molecule has 96 valence electrons. The van der Waals surface area contributed by atoms with Gasteiger partial charge in [0.25, 0.3) is 0 Å². The lowest BCUT2D eigenvalue weighted by Gasteiger charge is -2.10.